The normalized spacial score (nSPS) is 16.5. The van der Waals surface area contributed by atoms with Crippen molar-refractivity contribution >= 4 is 17.2 Å². The van der Waals surface area contributed by atoms with Crippen molar-refractivity contribution in [2.75, 3.05) is 13.7 Å². The molecule has 0 saturated heterocycles. The number of methoxy groups -OCH3 is 1. The molecule has 0 aromatic heterocycles. The maximum absolute atomic E-state index is 12.3. The average molecular weight is 288 g/mol. The van der Waals surface area contributed by atoms with Crippen LogP contribution in [0.4, 0.5) is 0 Å². The SMILES string of the molecule is COc1cccc(C2=C(CC(C)=NO)C(=O)NCCC2)c1. The van der Waals surface area contributed by atoms with Crippen molar-refractivity contribution in [3.63, 3.8) is 0 Å². The van der Waals surface area contributed by atoms with Gasteiger partial charge in [-0.3, -0.25) is 4.79 Å². The Morgan fingerprint density at radius 1 is 1.48 bits per heavy atom. The van der Waals surface area contributed by atoms with Crippen LogP contribution in [0.1, 0.15) is 31.7 Å². The van der Waals surface area contributed by atoms with Crippen molar-refractivity contribution in [1.29, 1.82) is 0 Å². The second-order valence-electron chi connectivity index (χ2n) is 5.06. The lowest BCUT2D eigenvalue weighted by Gasteiger charge is -2.12. The molecule has 0 fully saturated rings. The molecule has 112 valence electrons. The maximum Gasteiger partial charge on any atom is 0.247 e. The summed E-state index contributed by atoms with van der Waals surface area (Å²) < 4.78 is 5.25. The van der Waals surface area contributed by atoms with E-state index in [2.05, 4.69) is 10.5 Å². The molecule has 1 aromatic rings. The van der Waals surface area contributed by atoms with Crippen molar-refractivity contribution in [3.05, 3.63) is 35.4 Å². The number of amides is 1. The summed E-state index contributed by atoms with van der Waals surface area (Å²) in [6.45, 7) is 2.36. The number of rotatable bonds is 4. The molecule has 1 aliphatic rings. The number of hydrogen-bond donors (Lipinski definition) is 2. The van der Waals surface area contributed by atoms with Crippen LogP contribution in [0, 0.1) is 0 Å². The first kappa shape index (κ1) is 15.1. The van der Waals surface area contributed by atoms with Gasteiger partial charge in [-0.2, -0.15) is 0 Å². The van der Waals surface area contributed by atoms with E-state index in [1.54, 1.807) is 14.0 Å². The third-order valence-electron chi connectivity index (χ3n) is 3.55. The summed E-state index contributed by atoms with van der Waals surface area (Å²) in [7, 11) is 1.62. The van der Waals surface area contributed by atoms with E-state index < -0.39 is 0 Å². The van der Waals surface area contributed by atoms with Gasteiger partial charge >= 0.3 is 0 Å². The van der Waals surface area contributed by atoms with Gasteiger partial charge in [-0.1, -0.05) is 17.3 Å². The van der Waals surface area contributed by atoms with Gasteiger partial charge in [0.1, 0.15) is 5.75 Å². The first-order chi connectivity index (χ1) is 10.2. The van der Waals surface area contributed by atoms with E-state index in [-0.39, 0.29) is 5.91 Å². The molecule has 21 heavy (non-hydrogen) atoms. The standard InChI is InChI=1S/C16H20N2O3/c1-11(18-20)9-15-14(7-4-8-17-16(15)19)12-5-3-6-13(10-12)21-2/h3,5-6,10,20H,4,7-9H2,1-2H3,(H,17,19). The van der Waals surface area contributed by atoms with Gasteiger partial charge in [-0.15, -0.1) is 0 Å². The number of nitrogens with one attached hydrogen (secondary N) is 1. The number of carbonyl (C=O) groups is 1. The number of benzene rings is 1. The minimum atomic E-state index is -0.0895. The summed E-state index contributed by atoms with van der Waals surface area (Å²) in [5.41, 5.74) is 3.15. The second kappa shape index (κ2) is 6.92. The average Bonchev–Trinajstić information content (AvgIpc) is 2.69. The van der Waals surface area contributed by atoms with E-state index in [0.717, 1.165) is 29.7 Å². The van der Waals surface area contributed by atoms with Crippen LogP contribution in [0.25, 0.3) is 5.57 Å². The van der Waals surface area contributed by atoms with Gasteiger partial charge in [-0.05, 0) is 43.0 Å². The number of ether oxygens (including phenoxy) is 1. The molecule has 5 heteroatoms. The summed E-state index contributed by atoms with van der Waals surface area (Å²) in [6, 6.07) is 7.69. The lowest BCUT2D eigenvalue weighted by molar-refractivity contribution is -0.117. The van der Waals surface area contributed by atoms with Crippen molar-refractivity contribution in [1.82, 2.24) is 5.32 Å². The molecule has 0 bridgehead atoms. The largest absolute Gasteiger partial charge is 0.497 e. The number of nitrogens with zero attached hydrogens (tertiary/aromatic N) is 1. The molecule has 0 aliphatic carbocycles. The molecule has 0 radical (unpaired) electrons. The first-order valence-electron chi connectivity index (χ1n) is 6.98. The quantitative estimate of drug-likeness (QED) is 0.508. The number of allylic oxidation sites excluding steroid dienone is 1. The van der Waals surface area contributed by atoms with Gasteiger partial charge in [0.25, 0.3) is 0 Å². The highest BCUT2D eigenvalue weighted by atomic mass is 16.5. The smallest absolute Gasteiger partial charge is 0.247 e. The Bertz CT molecular complexity index is 591. The fourth-order valence-electron chi connectivity index (χ4n) is 2.47. The Morgan fingerprint density at radius 3 is 3.00 bits per heavy atom. The molecule has 0 atom stereocenters. The lowest BCUT2D eigenvalue weighted by atomic mass is 9.93. The van der Waals surface area contributed by atoms with Crippen LogP contribution in [0.3, 0.4) is 0 Å². The predicted molar refractivity (Wildman–Crippen MR) is 81.7 cm³/mol. The third-order valence-corrected chi connectivity index (χ3v) is 3.55. The van der Waals surface area contributed by atoms with Gasteiger partial charge < -0.3 is 15.3 Å². The van der Waals surface area contributed by atoms with Crippen LogP contribution in [0.15, 0.2) is 35.0 Å². The third kappa shape index (κ3) is 3.62. The van der Waals surface area contributed by atoms with E-state index in [1.807, 2.05) is 24.3 Å². The monoisotopic (exact) mass is 288 g/mol. The maximum atomic E-state index is 12.3. The molecule has 1 heterocycles. The van der Waals surface area contributed by atoms with Gasteiger partial charge in [0.2, 0.25) is 5.91 Å². The Balaban J connectivity index is 2.49. The minimum Gasteiger partial charge on any atom is -0.497 e. The molecular weight excluding hydrogens is 268 g/mol. The Hall–Kier alpha value is -2.30. The molecule has 0 saturated carbocycles. The molecule has 0 unspecified atom stereocenters. The first-order valence-corrected chi connectivity index (χ1v) is 6.98. The fourth-order valence-corrected chi connectivity index (χ4v) is 2.47. The molecule has 2 N–H and O–H groups in total. The van der Waals surface area contributed by atoms with Crippen molar-refractivity contribution in [2.24, 2.45) is 5.16 Å². The highest BCUT2D eigenvalue weighted by Crippen LogP contribution is 2.30. The molecule has 0 spiro atoms. The van der Waals surface area contributed by atoms with Gasteiger partial charge in [0.15, 0.2) is 0 Å². The highest BCUT2D eigenvalue weighted by Gasteiger charge is 2.20. The van der Waals surface area contributed by atoms with Crippen LogP contribution in [-0.2, 0) is 4.79 Å². The minimum absolute atomic E-state index is 0.0895. The number of hydrogen-bond acceptors (Lipinski definition) is 4. The lowest BCUT2D eigenvalue weighted by Crippen LogP contribution is -2.25. The van der Waals surface area contributed by atoms with Crippen LogP contribution in [-0.4, -0.2) is 30.5 Å². The van der Waals surface area contributed by atoms with Crippen molar-refractivity contribution in [3.8, 4) is 5.75 Å². The summed E-state index contributed by atoms with van der Waals surface area (Å²) in [6.07, 6.45) is 2.03. The predicted octanol–water partition coefficient (Wildman–Crippen LogP) is 2.60. The summed E-state index contributed by atoms with van der Waals surface area (Å²) >= 11 is 0. The molecule has 1 aliphatic heterocycles. The summed E-state index contributed by atoms with van der Waals surface area (Å²) in [5.74, 6) is 0.671. The Morgan fingerprint density at radius 2 is 2.29 bits per heavy atom. The zero-order valence-corrected chi connectivity index (χ0v) is 12.3. The van der Waals surface area contributed by atoms with Gasteiger partial charge in [0, 0.05) is 18.5 Å². The van der Waals surface area contributed by atoms with Gasteiger partial charge in [0.05, 0.1) is 12.8 Å². The van der Waals surface area contributed by atoms with Crippen LogP contribution < -0.4 is 10.1 Å². The highest BCUT2D eigenvalue weighted by molar-refractivity contribution is 6.06. The van der Waals surface area contributed by atoms with Crippen molar-refractivity contribution < 1.29 is 14.7 Å². The number of oxime groups is 1. The topological polar surface area (TPSA) is 70.9 Å². The second-order valence-corrected chi connectivity index (χ2v) is 5.06. The van der Waals surface area contributed by atoms with E-state index in [9.17, 15) is 4.79 Å². The molecule has 2 rings (SSSR count). The van der Waals surface area contributed by atoms with Crippen molar-refractivity contribution in [2.45, 2.75) is 26.2 Å². The zero-order chi connectivity index (χ0) is 15.2. The Labute approximate surface area is 124 Å². The van der Waals surface area contributed by atoms with E-state index in [1.165, 1.54) is 0 Å². The molecular formula is C16H20N2O3. The fraction of sp³-hybridized carbons (Fsp3) is 0.375. The molecule has 1 aromatic carbocycles. The van der Waals surface area contributed by atoms with Crippen LogP contribution >= 0.6 is 0 Å². The molecule has 5 nitrogen and oxygen atoms in total. The van der Waals surface area contributed by atoms with E-state index in [4.69, 9.17) is 9.94 Å². The summed E-state index contributed by atoms with van der Waals surface area (Å²) in [5, 5.41) is 14.9. The number of carbonyl (C=O) groups excluding carboxylic acids is 1. The summed E-state index contributed by atoms with van der Waals surface area (Å²) in [4.78, 5) is 12.3. The van der Waals surface area contributed by atoms with Crippen LogP contribution in [0.5, 0.6) is 5.75 Å². The van der Waals surface area contributed by atoms with Gasteiger partial charge in [-0.25, -0.2) is 0 Å². The Kier molecular flexibility index (Phi) is 4.98. The zero-order valence-electron chi connectivity index (χ0n) is 12.3. The van der Waals surface area contributed by atoms with E-state index in [0.29, 0.717) is 24.3 Å². The van der Waals surface area contributed by atoms with Crippen LogP contribution in [0.2, 0.25) is 0 Å². The molecule has 1 amide bonds. The van der Waals surface area contributed by atoms with E-state index >= 15 is 0 Å².